The van der Waals surface area contributed by atoms with Crippen LogP contribution in [0, 0.1) is 20.8 Å². The van der Waals surface area contributed by atoms with E-state index in [1.165, 1.54) is 0 Å². The van der Waals surface area contributed by atoms with Gasteiger partial charge in [-0.1, -0.05) is 0 Å². The molecule has 0 spiro atoms. The molecule has 0 aliphatic carbocycles. The number of anilines is 2. The summed E-state index contributed by atoms with van der Waals surface area (Å²) in [7, 11) is 0. The van der Waals surface area contributed by atoms with E-state index in [1.807, 2.05) is 32.9 Å². The van der Waals surface area contributed by atoms with Crippen molar-refractivity contribution in [2.24, 2.45) is 0 Å². The molecule has 0 saturated heterocycles. The van der Waals surface area contributed by atoms with Gasteiger partial charge < -0.3 is 11.1 Å². The lowest BCUT2D eigenvalue weighted by molar-refractivity contribution is 0.101. The molecule has 6 nitrogen and oxygen atoms in total. The van der Waals surface area contributed by atoms with Gasteiger partial charge in [0, 0.05) is 12.2 Å². The normalized spacial score (nSPS) is 10.6. The predicted octanol–water partition coefficient (Wildman–Crippen LogP) is 2.06. The maximum absolute atomic E-state index is 12.4. The molecule has 6 heteroatoms. The van der Waals surface area contributed by atoms with Gasteiger partial charge in [0.15, 0.2) is 0 Å². The average molecular weight is 273 g/mol. The van der Waals surface area contributed by atoms with E-state index in [0.717, 1.165) is 11.3 Å². The van der Waals surface area contributed by atoms with Crippen molar-refractivity contribution in [3.8, 4) is 0 Å². The van der Waals surface area contributed by atoms with Crippen LogP contribution in [-0.4, -0.2) is 20.7 Å². The molecular formula is C14H19N5O. The number of carbonyl (C=O) groups is 1. The Bertz CT molecular complexity index is 640. The van der Waals surface area contributed by atoms with Gasteiger partial charge in [0.25, 0.3) is 5.91 Å². The zero-order valence-electron chi connectivity index (χ0n) is 12.2. The number of nitrogen functional groups attached to an aromatic ring is 1. The second-order valence-electron chi connectivity index (χ2n) is 4.79. The van der Waals surface area contributed by atoms with E-state index in [1.54, 1.807) is 11.6 Å². The van der Waals surface area contributed by atoms with E-state index in [0.29, 0.717) is 29.4 Å². The molecule has 0 saturated carbocycles. The zero-order valence-corrected chi connectivity index (χ0v) is 12.2. The van der Waals surface area contributed by atoms with Crippen LogP contribution in [0.4, 0.5) is 11.5 Å². The second kappa shape index (κ2) is 5.32. The number of nitrogens with one attached hydrogen (secondary N) is 1. The van der Waals surface area contributed by atoms with Gasteiger partial charge in [-0.2, -0.15) is 5.10 Å². The Balaban J connectivity index is 2.33. The van der Waals surface area contributed by atoms with Gasteiger partial charge in [0.2, 0.25) is 0 Å². The smallest absolute Gasteiger partial charge is 0.277 e. The van der Waals surface area contributed by atoms with Crippen LogP contribution in [0.2, 0.25) is 0 Å². The lowest BCUT2D eigenvalue weighted by atomic mass is 10.2. The first-order valence-corrected chi connectivity index (χ1v) is 6.52. The van der Waals surface area contributed by atoms with E-state index in [2.05, 4.69) is 15.4 Å². The Hall–Kier alpha value is -2.37. The average Bonchev–Trinajstić information content (AvgIpc) is 2.63. The summed E-state index contributed by atoms with van der Waals surface area (Å²) in [5.74, 6) is 0.232. The summed E-state index contributed by atoms with van der Waals surface area (Å²) in [6.45, 7) is 8.13. The standard InChI is InChI=1S/C14H19N5O/c1-5-19-13(12(15)10(4)18-19)14(20)17-11-7-8(2)6-9(3)16-11/h6-7H,5,15H2,1-4H3,(H,16,17,20). The second-order valence-corrected chi connectivity index (χ2v) is 4.79. The highest BCUT2D eigenvalue weighted by Gasteiger charge is 2.19. The van der Waals surface area contributed by atoms with E-state index in [-0.39, 0.29) is 5.91 Å². The number of hydrogen-bond acceptors (Lipinski definition) is 4. The van der Waals surface area contributed by atoms with Crippen molar-refractivity contribution in [3.05, 3.63) is 34.8 Å². The van der Waals surface area contributed by atoms with Crippen molar-refractivity contribution >= 4 is 17.4 Å². The van der Waals surface area contributed by atoms with Gasteiger partial charge in [0.1, 0.15) is 11.5 Å². The van der Waals surface area contributed by atoms with Gasteiger partial charge in [0.05, 0.1) is 11.4 Å². The van der Waals surface area contributed by atoms with Crippen LogP contribution >= 0.6 is 0 Å². The molecular weight excluding hydrogens is 254 g/mol. The lowest BCUT2D eigenvalue weighted by Gasteiger charge is -2.08. The van der Waals surface area contributed by atoms with E-state index >= 15 is 0 Å². The summed E-state index contributed by atoms with van der Waals surface area (Å²) < 4.78 is 1.60. The molecule has 3 N–H and O–H groups in total. The molecule has 0 aromatic carbocycles. The van der Waals surface area contributed by atoms with Crippen molar-refractivity contribution < 1.29 is 4.79 Å². The molecule has 2 aromatic heterocycles. The number of pyridine rings is 1. The van der Waals surface area contributed by atoms with Crippen LogP contribution in [0.25, 0.3) is 0 Å². The minimum atomic E-state index is -0.289. The van der Waals surface area contributed by atoms with E-state index in [9.17, 15) is 4.79 Å². The Kier molecular flexibility index (Phi) is 3.74. The summed E-state index contributed by atoms with van der Waals surface area (Å²) >= 11 is 0. The maximum atomic E-state index is 12.4. The molecule has 106 valence electrons. The molecule has 0 bridgehead atoms. The molecule has 0 unspecified atom stereocenters. The zero-order chi connectivity index (χ0) is 14.9. The van der Waals surface area contributed by atoms with Crippen LogP contribution in [0.5, 0.6) is 0 Å². The Morgan fingerprint density at radius 2 is 2.05 bits per heavy atom. The molecule has 20 heavy (non-hydrogen) atoms. The molecule has 2 heterocycles. The van der Waals surface area contributed by atoms with Gasteiger partial charge >= 0.3 is 0 Å². The summed E-state index contributed by atoms with van der Waals surface area (Å²) in [5.41, 5.74) is 9.28. The Labute approximate surface area is 118 Å². The number of aromatic nitrogens is 3. The van der Waals surface area contributed by atoms with Crippen LogP contribution in [0.15, 0.2) is 12.1 Å². The highest BCUT2D eigenvalue weighted by molar-refractivity contribution is 6.06. The fraction of sp³-hybridized carbons (Fsp3) is 0.357. The van der Waals surface area contributed by atoms with Gasteiger partial charge in [-0.15, -0.1) is 0 Å². The van der Waals surface area contributed by atoms with Gasteiger partial charge in [-0.25, -0.2) is 4.98 Å². The Morgan fingerprint density at radius 3 is 2.65 bits per heavy atom. The van der Waals surface area contributed by atoms with Crippen LogP contribution < -0.4 is 11.1 Å². The highest BCUT2D eigenvalue weighted by atomic mass is 16.2. The fourth-order valence-corrected chi connectivity index (χ4v) is 2.14. The number of hydrogen-bond donors (Lipinski definition) is 2. The molecule has 0 atom stereocenters. The SMILES string of the molecule is CCn1nc(C)c(N)c1C(=O)Nc1cc(C)cc(C)n1. The quantitative estimate of drug-likeness (QED) is 0.896. The molecule has 0 aliphatic rings. The van der Waals surface area contributed by atoms with Crippen LogP contribution in [0.3, 0.4) is 0 Å². The number of carbonyl (C=O) groups excluding carboxylic acids is 1. The third kappa shape index (κ3) is 2.64. The topological polar surface area (TPSA) is 85.8 Å². The number of aryl methyl sites for hydroxylation is 4. The summed E-state index contributed by atoms with van der Waals surface area (Å²) in [6.07, 6.45) is 0. The third-order valence-corrected chi connectivity index (χ3v) is 3.03. The molecule has 0 aliphatic heterocycles. The largest absolute Gasteiger partial charge is 0.395 e. The van der Waals surface area contributed by atoms with E-state index in [4.69, 9.17) is 5.73 Å². The first-order valence-electron chi connectivity index (χ1n) is 6.52. The van der Waals surface area contributed by atoms with Crippen LogP contribution in [-0.2, 0) is 6.54 Å². The number of nitrogens with two attached hydrogens (primary N) is 1. The third-order valence-electron chi connectivity index (χ3n) is 3.03. The number of amides is 1. The Morgan fingerprint density at radius 1 is 1.35 bits per heavy atom. The molecule has 0 fully saturated rings. The van der Waals surface area contributed by atoms with Crippen molar-refractivity contribution in [2.45, 2.75) is 34.2 Å². The lowest BCUT2D eigenvalue weighted by Crippen LogP contribution is -2.19. The summed E-state index contributed by atoms with van der Waals surface area (Å²) in [4.78, 5) is 16.6. The monoisotopic (exact) mass is 273 g/mol. The number of nitrogens with zero attached hydrogens (tertiary/aromatic N) is 3. The first-order chi connectivity index (χ1) is 9.42. The summed E-state index contributed by atoms with van der Waals surface area (Å²) in [6, 6.07) is 3.77. The summed E-state index contributed by atoms with van der Waals surface area (Å²) in [5, 5.41) is 7.01. The first kappa shape index (κ1) is 14.0. The van der Waals surface area contributed by atoms with E-state index < -0.39 is 0 Å². The fourth-order valence-electron chi connectivity index (χ4n) is 2.14. The molecule has 2 aromatic rings. The number of rotatable bonds is 3. The van der Waals surface area contributed by atoms with Crippen molar-refractivity contribution in [3.63, 3.8) is 0 Å². The van der Waals surface area contributed by atoms with Crippen LogP contribution in [0.1, 0.15) is 34.4 Å². The minimum absolute atomic E-state index is 0.289. The van der Waals surface area contributed by atoms with Crippen molar-refractivity contribution in [2.75, 3.05) is 11.1 Å². The van der Waals surface area contributed by atoms with Gasteiger partial charge in [-0.3, -0.25) is 9.48 Å². The van der Waals surface area contributed by atoms with Crippen molar-refractivity contribution in [1.82, 2.24) is 14.8 Å². The predicted molar refractivity (Wildman–Crippen MR) is 78.7 cm³/mol. The maximum Gasteiger partial charge on any atom is 0.277 e. The van der Waals surface area contributed by atoms with Crippen molar-refractivity contribution in [1.29, 1.82) is 0 Å². The molecule has 0 radical (unpaired) electrons. The molecule has 1 amide bonds. The highest BCUT2D eigenvalue weighted by Crippen LogP contribution is 2.18. The minimum Gasteiger partial charge on any atom is -0.395 e. The molecule has 2 rings (SSSR count). The van der Waals surface area contributed by atoms with Gasteiger partial charge in [-0.05, 0) is 45.4 Å².